The molecule has 138 valence electrons. The lowest BCUT2D eigenvalue weighted by Gasteiger charge is -2.27. The Balaban J connectivity index is 1.39. The maximum atomic E-state index is 6.21. The number of hydrogen-bond acceptors (Lipinski definition) is 6. The van der Waals surface area contributed by atoms with Crippen molar-refractivity contribution in [1.82, 2.24) is 9.88 Å². The summed E-state index contributed by atoms with van der Waals surface area (Å²) in [6.45, 7) is 10.0. The highest BCUT2D eigenvalue weighted by Crippen LogP contribution is 2.25. The third kappa shape index (κ3) is 3.51. The minimum Gasteiger partial charge on any atom is -0.489 e. The van der Waals surface area contributed by atoms with E-state index in [0.29, 0.717) is 0 Å². The SMILES string of the molecule is CC1=NC2N=C(C(C)N3CC[C@@H](Oc4cc(C)nc(C)c4)C3)C=CC2O1. The summed E-state index contributed by atoms with van der Waals surface area (Å²) in [5.41, 5.74) is 3.06. The van der Waals surface area contributed by atoms with Crippen LogP contribution in [0.1, 0.15) is 31.7 Å². The molecule has 6 heteroatoms. The number of aliphatic imine (C=N–C) groups is 2. The highest BCUT2D eigenvalue weighted by molar-refractivity contribution is 6.00. The van der Waals surface area contributed by atoms with Gasteiger partial charge in [-0.1, -0.05) is 0 Å². The smallest absolute Gasteiger partial charge is 0.183 e. The summed E-state index contributed by atoms with van der Waals surface area (Å²) < 4.78 is 11.8. The van der Waals surface area contributed by atoms with Gasteiger partial charge in [-0.25, -0.2) is 4.99 Å². The molecule has 0 spiro atoms. The molecule has 1 saturated heterocycles. The average molecular weight is 354 g/mol. The monoisotopic (exact) mass is 354 g/mol. The average Bonchev–Trinajstić information content (AvgIpc) is 3.17. The minimum atomic E-state index is -0.116. The molecule has 0 N–H and O–H groups in total. The zero-order chi connectivity index (χ0) is 18.3. The van der Waals surface area contributed by atoms with Gasteiger partial charge in [0.2, 0.25) is 0 Å². The van der Waals surface area contributed by atoms with E-state index in [1.807, 2.05) is 32.9 Å². The second-order valence-electron chi connectivity index (χ2n) is 7.34. The van der Waals surface area contributed by atoms with Crippen LogP contribution < -0.4 is 4.74 Å². The Hall–Kier alpha value is -2.21. The molecule has 3 unspecified atom stereocenters. The van der Waals surface area contributed by atoms with Crippen LogP contribution in [0.15, 0.2) is 34.3 Å². The number of rotatable bonds is 4. The number of pyridine rings is 1. The van der Waals surface area contributed by atoms with Crippen molar-refractivity contribution in [3.63, 3.8) is 0 Å². The van der Waals surface area contributed by atoms with E-state index in [4.69, 9.17) is 14.5 Å². The predicted molar refractivity (Wildman–Crippen MR) is 102 cm³/mol. The quantitative estimate of drug-likeness (QED) is 0.834. The van der Waals surface area contributed by atoms with Crippen molar-refractivity contribution in [2.45, 2.75) is 58.5 Å². The van der Waals surface area contributed by atoms with Gasteiger partial charge in [0.25, 0.3) is 0 Å². The fourth-order valence-electron chi connectivity index (χ4n) is 3.87. The molecule has 0 radical (unpaired) electrons. The van der Waals surface area contributed by atoms with Crippen molar-refractivity contribution in [2.75, 3.05) is 13.1 Å². The van der Waals surface area contributed by atoms with Crippen LogP contribution in [0, 0.1) is 13.8 Å². The topological polar surface area (TPSA) is 59.3 Å². The van der Waals surface area contributed by atoms with E-state index in [9.17, 15) is 0 Å². The molecule has 1 aromatic rings. The number of fused-ring (bicyclic) bond motifs is 1. The van der Waals surface area contributed by atoms with Gasteiger partial charge in [-0.05, 0) is 39.3 Å². The van der Waals surface area contributed by atoms with Crippen LogP contribution in [0.5, 0.6) is 5.75 Å². The van der Waals surface area contributed by atoms with E-state index in [1.165, 1.54) is 0 Å². The third-order valence-electron chi connectivity index (χ3n) is 5.16. The minimum absolute atomic E-state index is 0.0289. The molecule has 4 heterocycles. The van der Waals surface area contributed by atoms with Crippen LogP contribution in [0.3, 0.4) is 0 Å². The van der Waals surface area contributed by atoms with Crippen molar-refractivity contribution in [1.29, 1.82) is 0 Å². The zero-order valence-electron chi connectivity index (χ0n) is 15.8. The van der Waals surface area contributed by atoms with Crippen LogP contribution in [0.25, 0.3) is 0 Å². The fraction of sp³-hybridized carbons (Fsp3) is 0.550. The van der Waals surface area contributed by atoms with Gasteiger partial charge < -0.3 is 9.47 Å². The second-order valence-corrected chi connectivity index (χ2v) is 7.34. The molecule has 0 aromatic carbocycles. The Labute approximate surface area is 154 Å². The van der Waals surface area contributed by atoms with E-state index in [0.717, 1.165) is 48.3 Å². The van der Waals surface area contributed by atoms with Crippen molar-refractivity contribution < 1.29 is 9.47 Å². The summed E-state index contributed by atoms with van der Waals surface area (Å²) in [5, 5.41) is 0. The molecule has 0 bridgehead atoms. The Morgan fingerprint density at radius 2 is 1.96 bits per heavy atom. The van der Waals surface area contributed by atoms with Crippen LogP contribution in [0.4, 0.5) is 0 Å². The molecule has 4 rings (SSSR count). The molecule has 26 heavy (non-hydrogen) atoms. The highest BCUT2D eigenvalue weighted by Gasteiger charge is 2.33. The Morgan fingerprint density at radius 3 is 2.73 bits per heavy atom. The summed E-state index contributed by atoms with van der Waals surface area (Å²) in [6, 6.07) is 4.26. The van der Waals surface area contributed by atoms with Crippen LogP contribution in [-0.4, -0.2) is 59.0 Å². The molecule has 3 aliphatic heterocycles. The second kappa shape index (κ2) is 6.83. The number of dihydropyridines is 1. The maximum Gasteiger partial charge on any atom is 0.183 e. The van der Waals surface area contributed by atoms with Gasteiger partial charge in [0, 0.05) is 49.6 Å². The molecule has 1 fully saturated rings. The van der Waals surface area contributed by atoms with E-state index >= 15 is 0 Å². The first-order chi connectivity index (χ1) is 12.5. The van der Waals surface area contributed by atoms with Gasteiger partial charge in [-0.3, -0.25) is 14.9 Å². The summed E-state index contributed by atoms with van der Waals surface area (Å²) >= 11 is 0. The largest absolute Gasteiger partial charge is 0.489 e. The lowest BCUT2D eigenvalue weighted by molar-refractivity contribution is 0.195. The van der Waals surface area contributed by atoms with E-state index in [1.54, 1.807) is 0 Å². The molecule has 3 aliphatic rings. The third-order valence-corrected chi connectivity index (χ3v) is 5.16. The van der Waals surface area contributed by atoms with E-state index in [-0.39, 0.29) is 24.4 Å². The van der Waals surface area contributed by atoms with E-state index < -0.39 is 0 Å². The maximum absolute atomic E-state index is 6.21. The Morgan fingerprint density at radius 1 is 1.19 bits per heavy atom. The van der Waals surface area contributed by atoms with Crippen LogP contribution >= 0.6 is 0 Å². The number of aryl methyl sites for hydroxylation is 2. The fourth-order valence-corrected chi connectivity index (χ4v) is 3.87. The van der Waals surface area contributed by atoms with Crippen molar-refractivity contribution in [3.8, 4) is 5.75 Å². The van der Waals surface area contributed by atoms with E-state index in [2.05, 4.69) is 34.0 Å². The van der Waals surface area contributed by atoms with Gasteiger partial charge in [0.05, 0.1) is 5.71 Å². The van der Waals surface area contributed by atoms with Crippen molar-refractivity contribution in [3.05, 3.63) is 35.7 Å². The molecule has 6 nitrogen and oxygen atoms in total. The molecule has 4 atom stereocenters. The number of hydrogen-bond donors (Lipinski definition) is 0. The molecule has 1 aromatic heterocycles. The first-order valence-electron chi connectivity index (χ1n) is 9.31. The number of aromatic nitrogens is 1. The lowest BCUT2D eigenvalue weighted by atomic mass is 10.1. The normalized spacial score (nSPS) is 29.0. The number of likely N-dealkylation sites (tertiary alicyclic amines) is 1. The summed E-state index contributed by atoms with van der Waals surface area (Å²) in [6.07, 6.45) is 5.25. The van der Waals surface area contributed by atoms with Gasteiger partial charge in [0.1, 0.15) is 11.9 Å². The predicted octanol–water partition coefficient (Wildman–Crippen LogP) is 2.69. The number of nitrogens with zero attached hydrogens (tertiary/aromatic N) is 4. The first kappa shape index (κ1) is 17.2. The van der Waals surface area contributed by atoms with Gasteiger partial charge in [-0.15, -0.1) is 0 Å². The molecule has 0 aliphatic carbocycles. The van der Waals surface area contributed by atoms with Crippen LogP contribution in [0.2, 0.25) is 0 Å². The van der Waals surface area contributed by atoms with Gasteiger partial charge in [-0.2, -0.15) is 0 Å². The van der Waals surface area contributed by atoms with Crippen molar-refractivity contribution in [2.24, 2.45) is 9.98 Å². The Kier molecular flexibility index (Phi) is 4.53. The molecule has 0 amide bonds. The highest BCUT2D eigenvalue weighted by atomic mass is 16.5. The summed E-state index contributed by atoms with van der Waals surface area (Å²) in [7, 11) is 0. The number of ether oxygens (including phenoxy) is 2. The summed E-state index contributed by atoms with van der Waals surface area (Å²) in [4.78, 5) is 16.1. The lowest BCUT2D eigenvalue weighted by Crippen LogP contribution is -2.40. The van der Waals surface area contributed by atoms with Crippen LogP contribution in [-0.2, 0) is 4.74 Å². The standard InChI is InChI=1S/C20H26N4O2/c1-12-9-17(10-13(2)21-12)26-16-7-8-24(11-16)14(3)18-5-6-19-20(23-18)22-15(4)25-19/h5-6,9-10,14,16,19-20H,7-8,11H2,1-4H3/t14?,16-,19?,20?/m1/s1. The molecular weight excluding hydrogens is 328 g/mol. The summed E-state index contributed by atoms with van der Waals surface area (Å²) in [5.74, 6) is 1.64. The molecular formula is C20H26N4O2. The van der Waals surface area contributed by atoms with Gasteiger partial charge >= 0.3 is 0 Å². The molecule has 0 saturated carbocycles. The zero-order valence-corrected chi connectivity index (χ0v) is 15.8. The first-order valence-corrected chi connectivity index (χ1v) is 9.31. The Bertz CT molecular complexity index is 766. The van der Waals surface area contributed by atoms with Gasteiger partial charge in [0.15, 0.2) is 18.2 Å². The van der Waals surface area contributed by atoms with Crippen molar-refractivity contribution >= 4 is 11.6 Å².